The molecule has 4 rings (SSSR count). The number of para-hydroxylation sites is 3. The average molecular weight is 445 g/mol. The summed E-state index contributed by atoms with van der Waals surface area (Å²) < 4.78 is 11.1. The first kappa shape index (κ1) is 22.7. The SMILES string of the molecule is CCN(C(=O)C1(c2cccc(OC)c2)CCN(c2ccccc2OC)CC1)c1ccccc1. The number of carbonyl (C=O) groups excluding carboxylic acids is 1. The summed E-state index contributed by atoms with van der Waals surface area (Å²) in [4.78, 5) is 18.5. The molecule has 0 bridgehead atoms. The second kappa shape index (κ2) is 9.99. The van der Waals surface area contributed by atoms with E-state index in [-0.39, 0.29) is 5.91 Å². The number of carbonyl (C=O) groups is 1. The number of benzene rings is 3. The summed E-state index contributed by atoms with van der Waals surface area (Å²) in [6.45, 7) is 4.17. The van der Waals surface area contributed by atoms with Crippen molar-refractivity contribution in [2.75, 3.05) is 43.7 Å². The molecule has 0 spiro atoms. The lowest BCUT2D eigenvalue weighted by Gasteiger charge is -2.44. The minimum atomic E-state index is -0.626. The van der Waals surface area contributed by atoms with E-state index in [1.807, 2.05) is 78.6 Å². The van der Waals surface area contributed by atoms with Gasteiger partial charge in [0.1, 0.15) is 11.5 Å². The Kier molecular flexibility index (Phi) is 6.87. The van der Waals surface area contributed by atoms with Crippen LogP contribution in [0.2, 0.25) is 0 Å². The Balaban J connectivity index is 1.71. The molecule has 172 valence electrons. The van der Waals surface area contributed by atoms with Gasteiger partial charge in [-0.1, -0.05) is 42.5 Å². The number of piperidine rings is 1. The third-order valence-corrected chi connectivity index (χ3v) is 6.70. The lowest BCUT2D eigenvalue weighted by atomic mass is 9.71. The Hall–Kier alpha value is -3.47. The molecule has 0 aliphatic carbocycles. The summed E-state index contributed by atoms with van der Waals surface area (Å²) in [7, 11) is 3.37. The van der Waals surface area contributed by atoms with Crippen LogP contribution in [0, 0.1) is 0 Å². The van der Waals surface area contributed by atoms with Gasteiger partial charge in [0.15, 0.2) is 0 Å². The zero-order chi connectivity index (χ0) is 23.3. The number of hydrogen-bond acceptors (Lipinski definition) is 4. The molecule has 1 aliphatic rings. The van der Waals surface area contributed by atoms with Gasteiger partial charge in [-0.3, -0.25) is 4.79 Å². The number of hydrogen-bond donors (Lipinski definition) is 0. The van der Waals surface area contributed by atoms with Crippen LogP contribution in [0.3, 0.4) is 0 Å². The van der Waals surface area contributed by atoms with Crippen LogP contribution in [0.5, 0.6) is 11.5 Å². The molecular formula is C28H32N2O3. The van der Waals surface area contributed by atoms with Crippen molar-refractivity contribution in [2.45, 2.75) is 25.2 Å². The third-order valence-electron chi connectivity index (χ3n) is 6.70. The normalized spacial score (nSPS) is 15.1. The van der Waals surface area contributed by atoms with Gasteiger partial charge in [-0.2, -0.15) is 0 Å². The number of anilines is 2. The average Bonchev–Trinajstić information content (AvgIpc) is 2.89. The molecular weight excluding hydrogens is 412 g/mol. The molecule has 0 atom stereocenters. The molecule has 0 radical (unpaired) electrons. The van der Waals surface area contributed by atoms with Crippen molar-refractivity contribution >= 4 is 17.3 Å². The Morgan fingerprint density at radius 1 is 0.909 bits per heavy atom. The first-order valence-corrected chi connectivity index (χ1v) is 11.5. The summed E-state index contributed by atoms with van der Waals surface area (Å²) in [5, 5.41) is 0. The fourth-order valence-corrected chi connectivity index (χ4v) is 4.88. The van der Waals surface area contributed by atoms with Crippen LogP contribution in [0.4, 0.5) is 11.4 Å². The Labute approximate surface area is 196 Å². The number of amides is 1. The highest BCUT2D eigenvalue weighted by Crippen LogP contribution is 2.42. The van der Waals surface area contributed by atoms with Crippen molar-refractivity contribution < 1.29 is 14.3 Å². The number of methoxy groups -OCH3 is 2. The second-order valence-electron chi connectivity index (χ2n) is 8.36. The van der Waals surface area contributed by atoms with Gasteiger partial charge in [-0.25, -0.2) is 0 Å². The summed E-state index contributed by atoms with van der Waals surface area (Å²) in [5.74, 6) is 1.77. The van der Waals surface area contributed by atoms with Crippen molar-refractivity contribution in [1.82, 2.24) is 0 Å². The van der Waals surface area contributed by atoms with Gasteiger partial charge in [0.2, 0.25) is 5.91 Å². The standard InChI is InChI=1S/C28H32N2O3/c1-4-30(23-12-6-5-7-13-23)27(31)28(22-11-10-14-24(21-22)32-2)17-19-29(20-18-28)25-15-8-9-16-26(25)33-3/h5-16,21H,4,17-20H2,1-3H3. The monoisotopic (exact) mass is 444 g/mol. The maximum atomic E-state index is 14.3. The largest absolute Gasteiger partial charge is 0.497 e. The van der Waals surface area contributed by atoms with Gasteiger partial charge < -0.3 is 19.3 Å². The van der Waals surface area contributed by atoms with E-state index in [0.717, 1.165) is 41.5 Å². The smallest absolute Gasteiger partial charge is 0.237 e. The van der Waals surface area contributed by atoms with Crippen LogP contribution < -0.4 is 19.3 Å². The third kappa shape index (κ3) is 4.40. The Morgan fingerprint density at radius 2 is 1.61 bits per heavy atom. The highest BCUT2D eigenvalue weighted by atomic mass is 16.5. The lowest BCUT2D eigenvalue weighted by molar-refractivity contribution is -0.125. The predicted molar refractivity (Wildman–Crippen MR) is 134 cm³/mol. The topological polar surface area (TPSA) is 42.0 Å². The maximum Gasteiger partial charge on any atom is 0.237 e. The van der Waals surface area contributed by atoms with Crippen LogP contribution in [0.25, 0.3) is 0 Å². The van der Waals surface area contributed by atoms with Crippen LogP contribution in [-0.4, -0.2) is 39.8 Å². The highest BCUT2D eigenvalue weighted by Gasteiger charge is 2.45. The number of rotatable bonds is 7. The van der Waals surface area contributed by atoms with Crippen molar-refractivity contribution in [3.8, 4) is 11.5 Å². The molecule has 1 amide bonds. The number of ether oxygens (including phenoxy) is 2. The molecule has 3 aromatic rings. The summed E-state index contributed by atoms with van der Waals surface area (Å²) in [6.07, 6.45) is 1.42. The van der Waals surface area contributed by atoms with Crippen molar-refractivity contribution in [1.29, 1.82) is 0 Å². The van der Waals surface area contributed by atoms with Crippen LogP contribution in [-0.2, 0) is 10.2 Å². The molecule has 33 heavy (non-hydrogen) atoms. The van der Waals surface area contributed by atoms with Gasteiger partial charge in [0.25, 0.3) is 0 Å². The first-order chi connectivity index (χ1) is 16.1. The van der Waals surface area contributed by atoms with Crippen molar-refractivity contribution in [2.24, 2.45) is 0 Å². The number of likely N-dealkylation sites (N-methyl/N-ethyl adjacent to an activating group) is 1. The lowest BCUT2D eigenvalue weighted by Crippen LogP contribution is -2.53. The van der Waals surface area contributed by atoms with E-state index in [9.17, 15) is 4.79 Å². The predicted octanol–water partition coefficient (Wildman–Crippen LogP) is 5.30. The molecule has 5 heteroatoms. The quantitative estimate of drug-likeness (QED) is 0.496. The molecule has 0 unspecified atom stereocenters. The van der Waals surface area contributed by atoms with E-state index in [2.05, 4.69) is 17.0 Å². The van der Waals surface area contributed by atoms with Crippen molar-refractivity contribution in [3.05, 3.63) is 84.4 Å². The maximum absolute atomic E-state index is 14.3. The molecule has 5 nitrogen and oxygen atoms in total. The fraction of sp³-hybridized carbons (Fsp3) is 0.321. The summed E-state index contributed by atoms with van der Waals surface area (Å²) in [6, 6.07) is 26.0. The fourth-order valence-electron chi connectivity index (χ4n) is 4.88. The van der Waals surface area contributed by atoms with E-state index >= 15 is 0 Å². The Bertz CT molecular complexity index is 1080. The number of nitrogens with zero attached hydrogens (tertiary/aromatic N) is 2. The highest BCUT2D eigenvalue weighted by molar-refractivity contribution is 6.01. The molecule has 1 heterocycles. The molecule has 3 aromatic carbocycles. The summed E-state index contributed by atoms with van der Waals surface area (Å²) in [5.41, 5.74) is 2.39. The minimum Gasteiger partial charge on any atom is -0.497 e. The van der Waals surface area contributed by atoms with E-state index in [4.69, 9.17) is 9.47 Å². The van der Waals surface area contributed by atoms with Gasteiger partial charge >= 0.3 is 0 Å². The zero-order valence-corrected chi connectivity index (χ0v) is 19.7. The molecule has 0 saturated carbocycles. The van der Waals surface area contributed by atoms with Gasteiger partial charge in [0, 0.05) is 25.3 Å². The molecule has 1 saturated heterocycles. The molecule has 0 N–H and O–H groups in total. The van der Waals surface area contributed by atoms with Crippen LogP contribution in [0.15, 0.2) is 78.9 Å². The summed E-state index contributed by atoms with van der Waals surface area (Å²) >= 11 is 0. The minimum absolute atomic E-state index is 0.143. The van der Waals surface area contributed by atoms with Crippen LogP contribution in [0.1, 0.15) is 25.3 Å². The van der Waals surface area contributed by atoms with Crippen LogP contribution >= 0.6 is 0 Å². The van der Waals surface area contributed by atoms with Gasteiger partial charge in [0.05, 0.1) is 25.3 Å². The second-order valence-corrected chi connectivity index (χ2v) is 8.36. The van der Waals surface area contributed by atoms with Crippen molar-refractivity contribution in [3.63, 3.8) is 0 Å². The first-order valence-electron chi connectivity index (χ1n) is 11.5. The molecule has 1 fully saturated rings. The van der Waals surface area contributed by atoms with E-state index in [1.165, 1.54) is 0 Å². The van der Waals surface area contributed by atoms with Gasteiger partial charge in [-0.15, -0.1) is 0 Å². The zero-order valence-electron chi connectivity index (χ0n) is 19.7. The molecule has 1 aliphatic heterocycles. The van der Waals surface area contributed by atoms with Gasteiger partial charge in [-0.05, 0) is 61.7 Å². The Morgan fingerprint density at radius 3 is 2.27 bits per heavy atom. The van der Waals surface area contributed by atoms with E-state index in [0.29, 0.717) is 19.4 Å². The van der Waals surface area contributed by atoms with E-state index < -0.39 is 5.41 Å². The van der Waals surface area contributed by atoms with E-state index in [1.54, 1.807) is 14.2 Å². The molecule has 0 aromatic heterocycles.